The third-order valence-corrected chi connectivity index (χ3v) is 4.57. The van der Waals surface area contributed by atoms with Gasteiger partial charge in [0.2, 0.25) is 0 Å². The number of rotatable bonds is 3. The second kappa shape index (κ2) is 6.18. The number of carbonyl (C=O) groups excluding carboxylic acids is 1. The first-order chi connectivity index (χ1) is 10.6. The molecule has 0 aliphatic carbocycles. The lowest BCUT2D eigenvalue weighted by molar-refractivity contribution is 0.0724. The molecule has 1 aliphatic rings. The van der Waals surface area contributed by atoms with Gasteiger partial charge in [-0.05, 0) is 25.0 Å². The van der Waals surface area contributed by atoms with Gasteiger partial charge in [0.05, 0.1) is 22.1 Å². The number of anilines is 1. The summed E-state index contributed by atoms with van der Waals surface area (Å²) in [4.78, 5) is 18.7. The highest BCUT2D eigenvalue weighted by Crippen LogP contribution is 2.30. The van der Waals surface area contributed by atoms with Crippen molar-refractivity contribution in [2.45, 2.75) is 25.4 Å². The Balaban J connectivity index is 1.81. The van der Waals surface area contributed by atoms with Crippen LogP contribution in [0.2, 0.25) is 10.0 Å². The number of amides is 1. The molecule has 0 bridgehead atoms. The quantitative estimate of drug-likeness (QED) is 0.874. The highest BCUT2D eigenvalue weighted by molar-refractivity contribution is 6.39. The molecule has 116 valence electrons. The summed E-state index contributed by atoms with van der Waals surface area (Å²) >= 11 is 12.1. The van der Waals surface area contributed by atoms with Gasteiger partial charge in [-0.2, -0.15) is 0 Å². The van der Waals surface area contributed by atoms with Crippen LogP contribution in [0.5, 0.6) is 0 Å². The van der Waals surface area contributed by atoms with Gasteiger partial charge in [0, 0.05) is 37.1 Å². The van der Waals surface area contributed by atoms with Gasteiger partial charge < -0.3 is 15.2 Å². The monoisotopic (exact) mass is 338 g/mol. The number of nitrogens with two attached hydrogens (primary N) is 1. The fraction of sp³-hybridized carbons (Fsp3) is 0.333. The highest BCUT2D eigenvalue weighted by Gasteiger charge is 2.30. The third kappa shape index (κ3) is 2.91. The van der Waals surface area contributed by atoms with Gasteiger partial charge >= 0.3 is 0 Å². The first-order valence-corrected chi connectivity index (χ1v) is 7.83. The average molecular weight is 339 g/mol. The number of benzene rings is 1. The number of aromatic nitrogens is 2. The molecule has 1 aliphatic heterocycles. The van der Waals surface area contributed by atoms with E-state index in [1.807, 2.05) is 15.7 Å². The van der Waals surface area contributed by atoms with Crippen LogP contribution in [-0.4, -0.2) is 32.9 Å². The van der Waals surface area contributed by atoms with Crippen molar-refractivity contribution in [2.24, 2.45) is 0 Å². The average Bonchev–Trinajstić information content (AvgIpc) is 3.15. The predicted molar refractivity (Wildman–Crippen MR) is 87.2 cm³/mol. The van der Waals surface area contributed by atoms with Gasteiger partial charge in [0.25, 0.3) is 5.91 Å². The molecule has 0 saturated carbocycles. The molecule has 22 heavy (non-hydrogen) atoms. The second-order valence-electron chi connectivity index (χ2n) is 5.41. The number of halogens is 2. The normalized spacial score (nSPS) is 17.9. The Morgan fingerprint density at radius 1 is 1.36 bits per heavy atom. The number of nitrogen functional groups attached to an aromatic ring is 1. The molecule has 5 nitrogen and oxygen atoms in total. The molecule has 0 spiro atoms. The Morgan fingerprint density at radius 3 is 2.73 bits per heavy atom. The molecule has 3 rings (SSSR count). The standard InChI is InChI=1S/C15H16Cl2N4O/c16-12-6-10(7-13(17)14(12)18)15(22)21-4-1-2-11(21)8-20-5-3-19-9-20/h3,5-7,9,11H,1-2,4,8,18H2. The summed E-state index contributed by atoms with van der Waals surface area (Å²) in [6.07, 6.45) is 7.36. The SMILES string of the molecule is Nc1c(Cl)cc(C(=O)N2CCCC2Cn2ccnc2)cc1Cl. The Labute approximate surface area is 138 Å². The minimum absolute atomic E-state index is 0.0635. The molecule has 2 N–H and O–H groups in total. The van der Waals surface area contributed by atoms with Crippen LogP contribution in [0.25, 0.3) is 0 Å². The summed E-state index contributed by atoms with van der Waals surface area (Å²) in [7, 11) is 0. The fourth-order valence-electron chi connectivity index (χ4n) is 2.80. The van der Waals surface area contributed by atoms with Gasteiger partial charge in [-0.3, -0.25) is 4.79 Å². The summed E-state index contributed by atoms with van der Waals surface area (Å²) in [5, 5.41) is 0.613. The molecule has 0 radical (unpaired) electrons. The second-order valence-corrected chi connectivity index (χ2v) is 6.22. The van der Waals surface area contributed by atoms with E-state index in [-0.39, 0.29) is 11.9 Å². The topological polar surface area (TPSA) is 64.2 Å². The van der Waals surface area contributed by atoms with Crippen LogP contribution in [0.15, 0.2) is 30.9 Å². The van der Waals surface area contributed by atoms with Crippen LogP contribution >= 0.6 is 23.2 Å². The van der Waals surface area contributed by atoms with Crippen LogP contribution in [0.3, 0.4) is 0 Å². The van der Waals surface area contributed by atoms with E-state index >= 15 is 0 Å². The maximum absolute atomic E-state index is 12.7. The smallest absolute Gasteiger partial charge is 0.254 e. The summed E-state index contributed by atoms with van der Waals surface area (Å²) in [5.41, 5.74) is 6.50. The van der Waals surface area contributed by atoms with Crippen molar-refractivity contribution >= 4 is 34.8 Å². The number of carbonyl (C=O) groups is 1. The van der Waals surface area contributed by atoms with Crippen molar-refractivity contribution in [2.75, 3.05) is 12.3 Å². The molecule has 1 amide bonds. The number of likely N-dealkylation sites (tertiary alicyclic amines) is 1. The Hall–Kier alpha value is -1.72. The molecule has 1 unspecified atom stereocenters. The van der Waals surface area contributed by atoms with Crippen molar-refractivity contribution in [1.29, 1.82) is 0 Å². The van der Waals surface area contributed by atoms with E-state index in [2.05, 4.69) is 4.98 Å². The van der Waals surface area contributed by atoms with Crippen LogP contribution in [-0.2, 0) is 6.54 Å². The van der Waals surface area contributed by atoms with Crippen LogP contribution < -0.4 is 5.73 Å². The Morgan fingerprint density at radius 2 is 2.09 bits per heavy atom. The largest absolute Gasteiger partial charge is 0.396 e. The zero-order chi connectivity index (χ0) is 15.7. The van der Waals surface area contributed by atoms with E-state index in [1.54, 1.807) is 24.7 Å². The molecule has 2 aromatic rings. The highest BCUT2D eigenvalue weighted by atomic mass is 35.5. The lowest BCUT2D eigenvalue weighted by Gasteiger charge is -2.25. The molecule has 1 fully saturated rings. The number of hydrogen-bond donors (Lipinski definition) is 1. The number of hydrogen-bond acceptors (Lipinski definition) is 3. The number of nitrogens with zero attached hydrogens (tertiary/aromatic N) is 3. The molecule has 1 saturated heterocycles. The summed E-state index contributed by atoms with van der Waals surface area (Å²) in [6, 6.07) is 3.31. The van der Waals surface area contributed by atoms with Gasteiger partial charge in [-0.15, -0.1) is 0 Å². The number of imidazole rings is 1. The first-order valence-electron chi connectivity index (χ1n) is 7.07. The van der Waals surface area contributed by atoms with Crippen molar-refractivity contribution in [3.63, 3.8) is 0 Å². The zero-order valence-electron chi connectivity index (χ0n) is 11.9. The molecule has 1 aromatic heterocycles. The molecular formula is C15H16Cl2N4O. The Bertz CT molecular complexity index is 664. The van der Waals surface area contributed by atoms with Gasteiger partial charge in [0.15, 0.2) is 0 Å². The molecule has 1 atom stereocenters. The van der Waals surface area contributed by atoms with Crippen LogP contribution in [0.4, 0.5) is 5.69 Å². The van der Waals surface area contributed by atoms with Crippen molar-refractivity contribution < 1.29 is 4.79 Å². The lowest BCUT2D eigenvalue weighted by Crippen LogP contribution is -2.38. The van der Waals surface area contributed by atoms with E-state index < -0.39 is 0 Å². The summed E-state index contributed by atoms with van der Waals surface area (Å²) in [6.45, 7) is 1.47. The first kappa shape index (κ1) is 15.2. The maximum Gasteiger partial charge on any atom is 0.254 e. The lowest BCUT2D eigenvalue weighted by atomic mass is 10.1. The van der Waals surface area contributed by atoms with E-state index in [9.17, 15) is 4.79 Å². The maximum atomic E-state index is 12.7. The predicted octanol–water partition coefficient (Wildman–Crippen LogP) is 3.08. The van der Waals surface area contributed by atoms with Gasteiger partial charge in [-0.25, -0.2) is 4.98 Å². The van der Waals surface area contributed by atoms with Gasteiger partial charge in [-0.1, -0.05) is 23.2 Å². The van der Waals surface area contributed by atoms with Crippen LogP contribution in [0, 0.1) is 0 Å². The molecular weight excluding hydrogens is 323 g/mol. The zero-order valence-corrected chi connectivity index (χ0v) is 13.4. The summed E-state index contributed by atoms with van der Waals surface area (Å²) in [5.74, 6) is -0.0635. The van der Waals surface area contributed by atoms with Crippen molar-refractivity contribution in [3.05, 3.63) is 46.5 Å². The third-order valence-electron chi connectivity index (χ3n) is 3.94. The van der Waals surface area contributed by atoms with E-state index in [1.165, 1.54) is 0 Å². The Kier molecular flexibility index (Phi) is 4.27. The molecule has 1 aromatic carbocycles. The molecule has 2 heterocycles. The summed E-state index contributed by atoms with van der Waals surface area (Å²) < 4.78 is 1.99. The van der Waals surface area contributed by atoms with Crippen LogP contribution in [0.1, 0.15) is 23.2 Å². The minimum atomic E-state index is -0.0635. The van der Waals surface area contributed by atoms with E-state index in [0.717, 1.165) is 25.9 Å². The van der Waals surface area contributed by atoms with Crippen molar-refractivity contribution in [3.8, 4) is 0 Å². The van der Waals surface area contributed by atoms with E-state index in [4.69, 9.17) is 28.9 Å². The van der Waals surface area contributed by atoms with Crippen molar-refractivity contribution in [1.82, 2.24) is 14.5 Å². The van der Waals surface area contributed by atoms with E-state index in [0.29, 0.717) is 21.3 Å². The minimum Gasteiger partial charge on any atom is -0.396 e. The molecule has 7 heteroatoms. The fourth-order valence-corrected chi connectivity index (χ4v) is 3.29. The van der Waals surface area contributed by atoms with Gasteiger partial charge in [0.1, 0.15) is 0 Å².